The van der Waals surface area contributed by atoms with E-state index in [1.807, 2.05) is 50.3 Å². The maximum Gasteiger partial charge on any atom is 0.0159 e. The number of allylic oxidation sites excluding steroid dienone is 3. The molecule has 0 fully saturated rings. The predicted molar refractivity (Wildman–Crippen MR) is 304 cm³/mol. The van der Waals surface area contributed by atoms with Gasteiger partial charge in [0.2, 0.25) is 0 Å². The molecule has 0 aromatic heterocycles. The third-order valence-corrected chi connectivity index (χ3v) is 13.7. The molecule has 2 unspecified atom stereocenters. The SMILES string of the molecule is C=C/C(CCC)=c1/ccccc1=C.C=Cc1c(C)cc2c(c1C=C)-c1ccc(C(C)C(C)/C(=C/C)c3ccccc3C)cc1C2(C)C.CC.Cc1ccc(C)c(C)c1.Cc1ccc(C)c(C)c1. The molecule has 0 spiro atoms. The summed E-state index contributed by atoms with van der Waals surface area (Å²) in [6.07, 6.45) is 10.4. The number of aryl methyl sites for hydroxylation is 8. The molecule has 352 valence electrons. The Bertz CT molecular complexity index is 2730. The minimum Gasteiger partial charge on any atom is -0.0988 e. The van der Waals surface area contributed by atoms with Crippen LogP contribution in [0.15, 0.2) is 141 Å². The van der Waals surface area contributed by atoms with Crippen LogP contribution < -0.4 is 10.4 Å². The molecule has 0 N–H and O–H groups in total. The van der Waals surface area contributed by atoms with Gasteiger partial charge in [0.25, 0.3) is 0 Å². The summed E-state index contributed by atoms with van der Waals surface area (Å²) in [6.45, 7) is 51.1. The molecule has 1 aliphatic rings. The molecule has 0 radical (unpaired) electrons. The van der Waals surface area contributed by atoms with E-state index in [4.69, 9.17) is 0 Å². The van der Waals surface area contributed by atoms with E-state index in [9.17, 15) is 0 Å². The van der Waals surface area contributed by atoms with Crippen molar-refractivity contribution >= 4 is 29.9 Å². The smallest absolute Gasteiger partial charge is 0.0159 e. The van der Waals surface area contributed by atoms with Gasteiger partial charge in [-0.15, -0.1) is 0 Å². The number of fused-ring (bicyclic) bond motifs is 3. The van der Waals surface area contributed by atoms with Crippen LogP contribution in [0.1, 0.15) is 152 Å². The second-order valence-electron chi connectivity index (χ2n) is 18.7. The van der Waals surface area contributed by atoms with Gasteiger partial charge >= 0.3 is 0 Å². The van der Waals surface area contributed by atoms with Crippen LogP contribution in [0.5, 0.6) is 0 Å². The Kier molecular flexibility index (Phi) is 21.3. The van der Waals surface area contributed by atoms with Crippen molar-refractivity contribution in [2.24, 2.45) is 5.92 Å². The van der Waals surface area contributed by atoms with Crippen LogP contribution in [-0.4, -0.2) is 0 Å². The van der Waals surface area contributed by atoms with Gasteiger partial charge in [-0.2, -0.15) is 0 Å². The zero-order valence-corrected chi connectivity index (χ0v) is 44.6. The first-order chi connectivity index (χ1) is 31.9. The van der Waals surface area contributed by atoms with E-state index in [-0.39, 0.29) is 5.41 Å². The highest BCUT2D eigenvalue weighted by Crippen LogP contribution is 2.52. The Morgan fingerprint density at radius 3 is 1.63 bits per heavy atom. The zero-order valence-electron chi connectivity index (χ0n) is 44.6. The van der Waals surface area contributed by atoms with E-state index in [0.717, 1.165) is 18.1 Å². The Morgan fingerprint density at radius 2 is 1.15 bits per heavy atom. The van der Waals surface area contributed by atoms with E-state index < -0.39 is 0 Å². The summed E-state index contributed by atoms with van der Waals surface area (Å²) in [5, 5.41) is 2.32. The second kappa shape index (κ2) is 25.8. The van der Waals surface area contributed by atoms with Crippen molar-refractivity contribution in [3.8, 4) is 11.1 Å². The van der Waals surface area contributed by atoms with Crippen molar-refractivity contribution in [1.29, 1.82) is 0 Å². The molecular weight excluding hydrogens is 805 g/mol. The maximum atomic E-state index is 4.16. The summed E-state index contributed by atoms with van der Waals surface area (Å²) in [6, 6.07) is 39.5. The Labute approximate surface area is 409 Å². The van der Waals surface area contributed by atoms with Gasteiger partial charge in [0.05, 0.1) is 0 Å². The molecule has 1 aliphatic carbocycles. The summed E-state index contributed by atoms with van der Waals surface area (Å²) < 4.78 is 0. The summed E-state index contributed by atoms with van der Waals surface area (Å²) in [7, 11) is 0. The zero-order chi connectivity index (χ0) is 50.2. The second-order valence-corrected chi connectivity index (χ2v) is 18.7. The first-order valence-corrected chi connectivity index (χ1v) is 24.6. The van der Waals surface area contributed by atoms with E-state index in [1.165, 1.54) is 105 Å². The first-order valence-electron chi connectivity index (χ1n) is 24.6. The topological polar surface area (TPSA) is 0 Å². The van der Waals surface area contributed by atoms with Crippen LogP contribution in [0.25, 0.3) is 41.0 Å². The maximum absolute atomic E-state index is 4.16. The van der Waals surface area contributed by atoms with E-state index in [2.05, 4.69) is 220 Å². The fourth-order valence-electron chi connectivity index (χ4n) is 9.20. The molecule has 6 aromatic rings. The van der Waals surface area contributed by atoms with Gasteiger partial charge < -0.3 is 0 Å². The average molecular weight is 889 g/mol. The molecule has 0 amide bonds. The number of hydrogen-bond acceptors (Lipinski definition) is 0. The first kappa shape index (κ1) is 55.3. The van der Waals surface area contributed by atoms with Crippen molar-refractivity contribution in [3.05, 3.63) is 229 Å². The third-order valence-electron chi connectivity index (χ3n) is 13.7. The summed E-state index contributed by atoms with van der Waals surface area (Å²) in [5.41, 5.74) is 24.1. The molecule has 0 heteroatoms. The lowest BCUT2D eigenvalue weighted by molar-refractivity contribution is 0.601. The highest BCUT2D eigenvalue weighted by atomic mass is 14.4. The van der Waals surface area contributed by atoms with Crippen LogP contribution in [0.4, 0.5) is 0 Å². The standard InChI is InChI=1S/C34H38.C13H16.2C9H12.C2H6/c1-10-26-22(5)19-32-33(28(26)12-3)30-18-17-25(20-31(30)34(32,8)9)23(6)24(7)27(11-2)29-16-14-13-15-21(29)4;1-4-8-12(5-2)13-10-7-6-9-11(13)3;2*1-7-4-5-8(2)9(3)6-7;1-2/h10-20,23-24H,1,3H2,2,4-9H3;5-7,9-10H,2-4,8H2,1H3;2*4-6H,1-3H3;1-2H3/b27-11-;13-12+;;;. The molecule has 0 heterocycles. The minimum absolute atomic E-state index is 0.0503. The average Bonchev–Trinajstić information content (AvgIpc) is 3.54. The van der Waals surface area contributed by atoms with Crippen LogP contribution in [0.3, 0.4) is 0 Å². The van der Waals surface area contributed by atoms with Gasteiger partial charge in [0, 0.05) is 5.41 Å². The van der Waals surface area contributed by atoms with Gasteiger partial charge in [0.15, 0.2) is 0 Å². The molecular formula is C67H84. The van der Waals surface area contributed by atoms with E-state index in [1.54, 1.807) is 0 Å². The summed E-state index contributed by atoms with van der Waals surface area (Å²) >= 11 is 0. The fraction of sp³-hybridized carbons (Fsp3) is 0.313. The largest absolute Gasteiger partial charge is 0.0988 e. The molecule has 6 aromatic carbocycles. The molecule has 67 heavy (non-hydrogen) atoms. The van der Waals surface area contributed by atoms with Gasteiger partial charge in [0.1, 0.15) is 0 Å². The van der Waals surface area contributed by atoms with Crippen molar-refractivity contribution in [2.45, 2.75) is 135 Å². The van der Waals surface area contributed by atoms with Crippen LogP contribution >= 0.6 is 0 Å². The van der Waals surface area contributed by atoms with Crippen LogP contribution in [-0.2, 0) is 5.41 Å². The summed E-state index contributed by atoms with van der Waals surface area (Å²) in [5.74, 6) is 0.814. The van der Waals surface area contributed by atoms with Crippen LogP contribution in [0.2, 0.25) is 0 Å². The normalized spacial score (nSPS) is 13.2. The lowest BCUT2D eigenvalue weighted by atomic mass is 9.77. The molecule has 0 nitrogen and oxygen atoms in total. The van der Waals surface area contributed by atoms with Crippen molar-refractivity contribution in [1.82, 2.24) is 0 Å². The Hall–Kier alpha value is -5.98. The highest BCUT2D eigenvalue weighted by molar-refractivity contribution is 5.91. The highest BCUT2D eigenvalue weighted by Gasteiger charge is 2.38. The molecule has 2 atom stereocenters. The molecule has 0 aliphatic heterocycles. The third kappa shape index (κ3) is 13.6. The molecule has 7 rings (SSSR count). The van der Waals surface area contributed by atoms with Gasteiger partial charge in [-0.25, -0.2) is 0 Å². The van der Waals surface area contributed by atoms with Crippen LogP contribution in [0, 0.1) is 61.3 Å². The quantitative estimate of drug-likeness (QED) is 0.136. The van der Waals surface area contributed by atoms with Gasteiger partial charge in [-0.05, 0) is 180 Å². The number of hydrogen-bond donors (Lipinski definition) is 0. The van der Waals surface area contributed by atoms with Crippen molar-refractivity contribution < 1.29 is 0 Å². The predicted octanol–water partition coefficient (Wildman–Crippen LogP) is 18.2. The van der Waals surface area contributed by atoms with E-state index >= 15 is 0 Å². The molecule has 0 saturated heterocycles. The number of benzene rings is 6. The lowest BCUT2D eigenvalue weighted by Crippen LogP contribution is -2.24. The Balaban J connectivity index is 0.000000291. The molecule has 0 saturated carbocycles. The monoisotopic (exact) mass is 889 g/mol. The number of rotatable bonds is 9. The van der Waals surface area contributed by atoms with Crippen molar-refractivity contribution in [3.63, 3.8) is 0 Å². The fourth-order valence-corrected chi connectivity index (χ4v) is 9.20. The van der Waals surface area contributed by atoms with E-state index in [0.29, 0.717) is 11.8 Å². The van der Waals surface area contributed by atoms with Gasteiger partial charge in [-0.3, -0.25) is 0 Å². The lowest BCUT2D eigenvalue weighted by Gasteiger charge is -2.27. The Morgan fingerprint density at radius 1 is 0.597 bits per heavy atom. The van der Waals surface area contributed by atoms with Gasteiger partial charge in [-0.1, -0.05) is 226 Å². The summed E-state index contributed by atoms with van der Waals surface area (Å²) in [4.78, 5) is 0. The minimum atomic E-state index is -0.0503. The van der Waals surface area contributed by atoms with Crippen molar-refractivity contribution in [2.75, 3.05) is 0 Å². The molecule has 0 bridgehead atoms.